The molecule has 0 unspecified atom stereocenters. The molecule has 1 amide bonds. The zero-order valence-corrected chi connectivity index (χ0v) is 14.7. The normalized spacial score (nSPS) is 12.1. The van der Waals surface area contributed by atoms with Crippen molar-refractivity contribution in [2.45, 2.75) is 12.4 Å². The lowest BCUT2D eigenvalue weighted by molar-refractivity contribution is -0.143. The molecule has 0 atom stereocenters. The zero-order valence-electron chi connectivity index (χ0n) is 13.9. The lowest BCUT2D eigenvalue weighted by atomic mass is 10.2. The SMILES string of the molecule is COc1ccc(-n2ncc(C(=O)Nc3nnc(C(F)(F)F)s3)c2C(F)(F)F)nn1. The molecule has 0 aromatic carbocycles. The van der Waals surface area contributed by atoms with Gasteiger partial charge < -0.3 is 4.74 Å². The van der Waals surface area contributed by atoms with Crippen molar-refractivity contribution in [3.63, 3.8) is 0 Å². The number of ether oxygens (including phenoxy) is 1. The van der Waals surface area contributed by atoms with Crippen molar-refractivity contribution >= 4 is 22.4 Å². The third-order valence-corrected chi connectivity index (χ3v) is 4.11. The van der Waals surface area contributed by atoms with Crippen molar-refractivity contribution in [1.82, 2.24) is 30.2 Å². The number of carbonyl (C=O) groups is 1. The number of alkyl halides is 6. The van der Waals surface area contributed by atoms with Gasteiger partial charge in [0.15, 0.2) is 11.5 Å². The molecule has 0 saturated heterocycles. The predicted octanol–water partition coefficient (Wildman–Crippen LogP) is 2.81. The van der Waals surface area contributed by atoms with Crippen molar-refractivity contribution < 1.29 is 35.9 Å². The molecule has 0 aliphatic carbocycles. The van der Waals surface area contributed by atoms with Crippen molar-refractivity contribution in [1.29, 1.82) is 0 Å². The Hall–Kier alpha value is -3.30. The van der Waals surface area contributed by atoms with E-state index in [1.54, 1.807) is 0 Å². The van der Waals surface area contributed by atoms with Crippen molar-refractivity contribution in [3.05, 3.63) is 34.6 Å². The minimum Gasteiger partial charge on any atom is -0.480 e. The van der Waals surface area contributed by atoms with Crippen LogP contribution in [0.1, 0.15) is 21.1 Å². The molecule has 0 saturated carbocycles. The Labute approximate surface area is 160 Å². The van der Waals surface area contributed by atoms with Crippen molar-refractivity contribution in [2.75, 3.05) is 12.4 Å². The number of rotatable bonds is 4. The highest BCUT2D eigenvalue weighted by atomic mass is 32.1. The van der Waals surface area contributed by atoms with E-state index >= 15 is 0 Å². The monoisotopic (exact) mass is 439 g/mol. The summed E-state index contributed by atoms with van der Waals surface area (Å²) < 4.78 is 83.3. The van der Waals surface area contributed by atoms with Gasteiger partial charge in [-0.2, -0.15) is 31.4 Å². The number of anilines is 1. The summed E-state index contributed by atoms with van der Waals surface area (Å²) in [6, 6.07) is 2.35. The fourth-order valence-corrected chi connectivity index (χ4v) is 2.65. The van der Waals surface area contributed by atoms with Crippen LogP contribution in [0, 0.1) is 0 Å². The number of methoxy groups -OCH3 is 1. The minimum atomic E-state index is -5.05. The summed E-state index contributed by atoms with van der Waals surface area (Å²) >= 11 is -0.0404. The lowest BCUT2D eigenvalue weighted by Crippen LogP contribution is -2.21. The summed E-state index contributed by atoms with van der Waals surface area (Å²) in [4.78, 5) is 12.2. The molecule has 16 heteroatoms. The highest BCUT2D eigenvalue weighted by Crippen LogP contribution is 2.35. The van der Waals surface area contributed by atoms with E-state index in [1.165, 1.54) is 13.2 Å². The summed E-state index contributed by atoms with van der Waals surface area (Å²) in [6.45, 7) is 0. The first-order valence-corrected chi connectivity index (χ1v) is 8.07. The highest BCUT2D eigenvalue weighted by molar-refractivity contribution is 7.15. The van der Waals surface area contributed by atoms with E-state index in [0.29, 0.717) is 10.9 Å². The van der Waals surface area contributed by atoms with Crippen LogP contribution in [0.4, 0.5) is 31.5 Å². The second kappa shape index (κ2) is 7.26. The Morgan fingerprint density at radius 2 is 1.79 bits per heavy atom. The number of nitrogens with zero attached hydrogens (tertiary/aromatic N) is 6. The van der Waals surface area contributed by atoms with E-state index in [1.807, 2.05) is 5.32 Å². The maximum atomic E-state index is 13.5. The summed E-state index contributed by atoms with van der Waals surface area (Å²) in [6.07, 6.45) is -9.27. The maximum Gasteiger partial charge on any atom is 0.445 e. The third-order valence-electron chi connectivity index (χ3n) is 3.22. The van der Waals surface area contributed by atoms with E-state index in [0.717, 1.165) is 6.07 Å². The molecule has 3 aromatic heterocycles. The largest absolute Gasteiger partial charge is 0.480 e. The Morgan fingerprint density at radius 3 is 2.31 bits per heavy atom. The van der Waals surface area contributed by atoms with E-state index in [9.17, 15) is 31.1 Å². The Bertz CT molecular complexity index is 1030. The van der Waals surface area contributed by atoms with Crippen LogP contribution in [0.25, 0.3) is 5.82 Å². The molecular weight excluding hydrogens is 432 g/mol. The second-order valence-electron chi connectivity index (χ2n) is 5.11. The Balaban J connectivity index is 1.95. The minimum absolute atomic E-state index is 0.0316. The molecule has 0 aliphatic rings. The molecule has 0 aliphatic heterocycles. The van der Waals surface area contributed by atoms with Gasteiger partial charge in [0.1, 0.15) is 0 Å². The summed E-state index contributed by atoms with van der Waals surface area (Å²) in [5, 5.41) is 16.3. The number of amides is 1. The molecule has 3 heterocycles. The van der Waals surface area contributed by atoms with E-state index in [2.05, 4.69) is 25.5 Å². The smallest absolute Gasteiger partial charge is 0.445 e. The standard InChI is InChI=1S/C13H7F6N7O2S/c1-28-7-3-2-6(22-23-7)26-8(12(14,15)16)5(4-20-26)9(27)21-11-25-24-10(29-11)13(17,18)19/h2-4H,1H3,(H,21,25,27). The molecular formula is C13H7F6N7O2S. The fraction of sp³-hybridized carbons (Fsp3) is 0.231. The number of aromatic nitrogens is 6. The first-order chi connectivity index (χ1) is 13.5. The van der Waals surface area contributed by atoms with Gasteiger partial charge in [-0.3, -0.25) is 10.1 Å². The number of hydrogen-bond donors (Lipinski definition) is 1. The Kier molecular flexibility index (Phi) is 5.12. The van der Waals surface area contributed by atoms with Crippen LogP contribution in [0.15, 0.2) is 18.3 Å². The number of halogens is 6. The summed E-state index contributed by atoms with van der Waals surface area (Å²) in [5.74, 6) is -1.72. The molecule has 1 N–H and O–H groups in total. The van der Waals surface area contributed by atoms with Gasteiger partial charge >= 0.3 is 12.4 Å². The number of nitrogens with one attached hydrogen (secondary N) is 1. The molecule has 0 fully saturated rings. The van der Waals surface area contributed by atoms with E-state index in [4.69, 9.17) is 4.74 Å². The van der Waals surface area contributed by atoms with Crippen molar-refractivity contribution in [3.8, 4) is 11.7 Å². The van der Waals surface area contributed by atoms with Gasteiger partial charge in [-0.15, -0.1) is 20.4 Å². The molecule has 0 bridgehead atoms. The van der Waals surface area contributed by atoms with Crippen LogP contribution in [-0.4, -0.2) is 43.2 Å². The van der Waals surface area contributed by atoms with Gasteiger partial charge in [0.05, 0.1) is 18.9 Å². The molecule has 9 nitrogen and oxygen atoms in total. The molecule has 3 rings (SSSR count). The topological polar surface area (TPSA) is 108 Å². The van der Waals surface area contributed by atoms with E-state index in [-0.39, 0.29) is 23.0 Å². The summed E-state index contributed by atoms with van der Waals surface area (Å²) in [5.41, 5.74) is -2.46. The van der Waals surface area contributed by atoms with Gasteiger partial charge in [0.2, 0.25) is 16.0 Å². The average molecular weight is 439 g/mol. The van der Waals surface area contributed by atoms with Crippen molar-refractivity contribution in [2.24, 2.45) is 0 Å². The van der Waals surface area contributed by atoms with Gasteiger partial charge in [0.25, 0.3) is 5.91 Å². The Morgan fingerprint density at radius 1 is 1.07 bits per heavy atom. The maximum absolute atomic E-state index is 13.5. The van der Waals surface area contributed by atoms with E-state index < -0.39 is 39.7 Å². The van der Waals surface area contributed by atoms with Gasteiger partial charge in [-0.25, -0.2) is 4.68 Å². The molecule has 29 heavy (non-hydrogen) atoms. The van der Waals surface area contributed by atoms with Gasteiger partial charge in [-0.1, -0.05) is 11.3 Å². The molecule has 0 spiro atoms. The van der Waals surface area contributed by atoms with Gasteiger partial charge in [0, 0.05) is 6.07 Å². The van der Waals surface area contributed by atoms with Gasteiger partial charge in [-0.05, 0) is 6.07 Å². The van der Waals surface area contributed by atoms with Crippen LogP contribution >= 0.6 is 11.3 Å². The zero-order chi connectivity index (χ0) is 21.4. The first kappa shape index (κ1) is 20.4. The van der Waals surface area contributed by atoms with Crippen LogP contribution in [0.3, 0.4) is 0 Å². The van der Waals surface area contributed by atoms with Crippen LogP contribution < -0.4 is 10.1 Å². The van der Waals surface area contributed by atoms with Crippen LogP contribution in [0.5, 0.6) is 5.88 Å². The second-order valence-corrected chi connectivity index (χ2v) is 6.09. The molecule has 154 valence electrons. The average Bonchev–Trinajstić information content (AvgIpc) is 3.28. The third kappa shape index (κ3) is 4.25. The molecule has 3 aromatic rings. The predicted molar refractivity (Wildman–Crippen MR) is 83.6 cm³/mol. The molecule has 0 radical (unpaired) electrons. The number of carbonyl (C=O) groups excluding carboxylic acids is 1. The fourth-order valence-electron chi connectivity index (χ4n) is 2.05. The quantitative estimate of drug-likeness (QED) is 0.623. The number of hydrogen-bond acceptors (Lipinski definition) is 8. The first-order valence-electron chi connectivity index (χ1n) is 7.26. The summed E-state index contributed by atoms with van der Waals surface area (Å²) in [7, 11) is 1.28. The van der Waals surface area contributed by atoms with Crippen LogP contribution in [0.2, 0.25) is 0 Å². The lowest BCUT2D eigenvalue weighted by Gasteiger charge is -2.11. The van der Waals surface area contributed by atoms with Crippen LogP contribution in [-0.2, 0) is 12.4 Å². The highest BCUT2D eigenvalue weighted by Gasteiger charge is 2.41.